The van der Waals surface area contributed by atoms with Crippen LogP contribution in [-0.4, -0.2) is 41.6 Å². The zero-order valence-corrected chi connectivity index (χ0v) is 13.1. The molecule has 0 radical (unpaired) electrons. The first-order valence-corrected chi connectivity index (χ1v) is 7.87. The quantitative estimate of drug-likeness (QED) is 0.918. The van der Waals surface area contributed by atoms with Crippen molar-refractivity contribution >= 4 is 5.91 Å². The van der Waals surface area contributed by atoms with Crippen molar-refractivity contribution in [2.45, 2.75) is 25.9 Å². The molecule has 0 aromatic carbocycles. The van der Waals surface area contributed by atoms with Crippen molar-refractivity contribution in [3.63, 3.8) is 0 Å². The molecule has 122 valence electrons. The lowest BCUT2D eigenvalue weighted by atomic mass is 10.1. The molecule has 2 aromatic rings. The van der Waals surface area contributed by atoms with Gasteiger partial charge in [0.1, 0.15) is 11.3 Å². The highest BCUT2D eigenvalue weighted by Gasteiger charge is 2.24. The summed E-state index contributed by atoms with van der Waals surface area (Å²) in [5.41, 5.74) is 0.286. The number of pyridine rings is 1. The van der Waals surface area contributed by atoms with Gasteiger partial charge in [0.05, 0.1) is 18.1 Å². The second kappa shape index (κ2) is 6.83. The van der Waals surface area contributed by atoms with E-state index in [9.17, 15) is 9.59 Å². The fourth-order valence-corrected chi connectivity index (χ4v) is 2.78. The zero-order chi connectivity index (χ0) is 16.2. The second-order valence-corrected chi connectivity index (χ2v) is 5.57. The number of hydrogen-bond donors (Lipinski definition) is 1. The Morgan fingerprint density at radius 3 is 2.87 bits per heavy atom. The summed E-state index contributed by atoms with van der Waals surface area (Å²) in [6.45, 7) is 3.71. The number of carbonyl (C=O) groups excluding carboxylic acids is 1. The first-order chi connectivity index (χ1) is 11.2. The van der Waals surface area contributed by atoms with Gasteiger partial charge in [0.2, 0.25) is 0 Å². The first kappa shape index (κ1) is 15.6. The van der Waals surface area contributed by atoms with Gasteiger partial charge >= 0.3 is 0 Å². The molecule has 6 nitrogen and oxygen atoms in total. The number of hydrogen-bond acceptors (Lipinski definition) is 4. The number of ether oxygens (including phenoxy) is 1. The smallest absolute Gasteiger partial charge is 0.261 e. The third-order valence-electron chi connectivity index (χ3n) is 4.04. The van der Waals surface area contributed by atoms with E-state index >= 15 is 0 Å². The number of H-pyrrole nitrogens is 1. The number of nitrogens with one attached hydrogen (secondary N) is 1. The first-order valence-electron chi connectivity index (χ1n) is 7.87. The number of furan rings is 1. The summed E-state index contributed by atoms with van der Waals surface area (Å²) in [6, 6.07) is 6.74. The minimum atomic E-state index is -0.408. The van der Waals surface area contributed by atoms with Crippen molar-refractivity contribution in [3.8, 4) is 11.5 Å². The SMILES string of the molecule is CCN(CC1CCCO1)C(=O)c1ccc(-c2ccco2)[nH]c1=O. The average Bonchev–Trinajstić information content (AvgIpc) is 3.25. The molecular weight excluding hydrogens is 296 g/mol. The van der Waals surface area contributed by atoms with Crippen molar-refractivity contribution in [1.82, 2.24) is 9.88 Å². The van der Waals surface area contributed by atoms with Gasteiger partial charge in [0.15, 0.2) is 0 Å². The van der Waals surface area contributed by atoms with Crippen LogP contribution in [0.1, 0.15) is 30.1 Å². The third kappa shape index (κ3) is 3.37. The molecule has 23 heavy (non-hydrogen) atoms. The van der Waals surface area contributed by atoms with Crippen LogP contribution in [0.15, 0.2) is 39.7 Å². The molecule has 3 rings (SSSR count). The molecule has 3 heterocycles. The van der Waals surface area contributed by atoms with Gasteiger partial charge in [-0.25, -0.2) is 0 Å². The maximum absolute atomic E-state index is 12.6. The van der Waals surface area contributed by atoms with Crippen LogP contribution in [0.2, 0.25) is 0 Å². The summed E-state index contributed by atoms with van der Waals surface area (Å²) in [5, 5.41) is 0. The lowest BCUT2D eigenvalue weighted by Crippen LogP contribution is -2.39. The van der Waals surface area contributed by atoms with E-state index in [4.69, 9.17) is 9.15 Å². The van der Waals surface area contributed by atoms with E-state index in [-0.39, 0.29) is 17.6 Å². The number of likely N-dealkylation sites (N-methyl/N-ethyl adjacent to an activating group) is 1. The maximum Gasteiger partial charge on any atom is 0.261 e. The molecule has 1 unspecified atom stereocenters. The van der Waals surface area contributed by atoms with E-state index in [0.717, 1.165) is 19.4 Å². The van der Waals surface area contributed by atoms with Gasteiger partial charge in [-0.3, -0.25) is 9.59 Å². The van der Waals surface area contributed by atoms with Crippen LogP contribution in [0.5, 0.6) is 0 Å². The molecule has 1 atom stereocenters. The number of aromatic nitrogens is 1. The average molecular weight is 316 g/mol. The van der Waals surface area contributed by atoms with Gasteiger partial charge < -0.3 is 19.0 Å². The largest absolute Gasteiger partial charge is 0.463 e. The molecule has 1 fully saturated rings. The molecule has 1 N–H and O–H groups in total. The van der Waals surface area contributed by atoms with Gasteiger partial charge in [-0.1, -0.05) is 0 Å². The molecule has 0 bridgehead atoms. The molecule has 0 aliphatic carbocycles. The Hall–Kier alpha value is -2.34. The van der Waals surface area contributed by atoms with Gasteiger partial charge in [-0.05, 0) is 44.0 Å². The van der Waals surface area contributed by atoms with Crippen LogP contribution in [0.4, 0.5) is 0 Å². The second-order valence-electron chi connectivity index (χ2n) is 5.57. The van der Waals surface area contributed by atoms with Crippen LogP contribution >= 0.6 is 0 Å². The van der Waals surface area contributed by atoms with Crippen LogP contribution < -0.4 is 5.56 Å². The zero-order valence-electron chi connectivity index (χ0n) is 13.1. The molecular formula is C17H20N2O4. The van der Waals surface area contributed by atoms with E-state index in [1.807, 2.05) is 6.92 Å². The molecule has 1 aliphatic rings. The van der Waals surface area contributed by atoms with E-state index in [2.05, 4.69) is 4.98 Å². The Morgan fingerprint density at radius 2 is 2.26 bits per heavy atom. The van der Waals surface area contributed by atoms with E-state index < -0.39 is 5.56 Å². The van der Waals surface area contributed by atoms with Crippen molar-refractivity contribution in [1.29, 1.82) is 0 Å². The van der Waals surface area contributed by atoms with Crippen molar-refractivity contribution in [2.24, 2.45) is 0 Å². The number of aromatic amines is 1. The van der Waals surface area contributed by atoms with Crippen LogP contribution in [-0.2, 0) is 4.74 Å². The Balaban J connectivity index is 1.79. The molecule has 1 aliphatic heterocycles. The minimum Gasteiger partial charge on any atom is -0.463 e. The van der Waals surface area contributed by atoms with E-state index in [0.29, 0.717) is 24.5 Å². The molecule has 1 saturated heterocycles. The summed E-state index contributed by atoms with van der Waals surface area (Å²) < 4.78 is 10.8. The number of carbonyl (C=O) groups is 1. The molecule has 0 spiro atoms. The monoisotopic (exact) mass is 316 g/mol. The fraction of sp³-hybridized carbons (Fsp3) is 0.412. The van der Waals surface area contributed by atoms with Crippen molar-refractivity contribution in [2.75, 3.05) is 19.7 Å². The van der Waals surface area contributed by atoms with Crippen LogP contribution in [0.25, 0.3) is 11.5 Å². The topological polar surface area (TPSA) is 75.5 Å². The highest BCUT2D eigenvalue weighted by Crippen LogP contribution is 2.17. The Bertz CT molecular complexity index is 714. The Kier molecular flexibility index (Phi) is 4.62. The summed E-state index contributed by atoms with van der Waals surface area (Å²) in [7, 11) is 0. The highest BCUT2D eigenvalue weighted by molar-refractivity contribution is 5.94. The normalized spacial score (nSPS) is 17.3. The Morgan fingerprint density at radius 1 is 1.39 bits per heavy atom. The van der Waals surface area contributed by atoms with Crippen LogP contribution in [0.3, 0.4) is 0 Å². The van der Waals surface area contributed by atoms with Crippen molar-refractivity contribution in [3.05, 3.63) is 46.4 Å². The van der Waals surface area contributed by atoms with Gasteiger partial charge in [-0.2, -0.15) is 0 Å². The van der Waals surface area contributed by atoms with E-state index in [1.165, 1.54) is 6.26 Å². The van der Waals surface area contributed by atoms with Gasteiger partial charge in [0.25, 0.3) is 11.5 Å². The summed E-state index contributed by atoms with van der Waals surface area (Å²) >= 11 is 0. The highest BCUT2D eigenvalue weighted by atomic mass is 16.5. The van der Waals surface area contributed by atoms with E-state index in [1.54, 1.807) is 29.2 Å². The fourth-order valence-electron chi connectivity index (χ4n) is 2.78. The molecule has 0 saturated carbocycles. The Labute approximate surface area is 134 Å². The maximum atomic E-state index is 12.6. The van der Waals surface area contributed by atoms with Crippen molar-refractivity contribution < 1.29 is 13.9 Å². The number of amides is 1. The standard InChI is InChI=1S/C17H20N2O4/c1-2-19(11-12-5-3-9-22-12)17(21)13-7-8-14(18-16(13)20)15-6-4-10-23-15/h4,6-8,10,12H,2-3,5,9,11H2,1H3,(H,18,20). The van der Waals surface area contributed by atoms with Gasteiger partial charge in [0, 0.05) is 19.7 Å². The lowest BCUT2D eigenvalue weighted by molar-refractivity contribution is 0.0538. The molecule has 6 heteroatoms. The van der Waals surface area contributed by atoms with Crippen LogP contribution in [0, 0.1) is 0 Å². The predicted octanol–water partition coefficient (Wildman–Crippen LogP) is 2.28. The summed E-state index contributed by atoms with van der Waals surface area (Å²) in [5.74, 6) is 0.294. The lowest BCUT2D eigenvalue weighted by Gasteiger charge is -2.23. The minimum absolute atomic E-state index is 0.0698. The summed E-state index contributed by atoms with van der Waals surface area (Å²) in [6.07, 6.45) is 3.58. The number of nitrogens with zero attached hydrogens (tertiary/aromatic N) is 1. The predicted molar refractivity (Wildman–Crippen MR) is 85.3 cm³/mol. The third-order valence-corrected chi connectivity index (χ3v) is 4.04. The molecule has 1 amide bonds. The van der Waals surface area contributed by atoms with Gasteiger partial charge in [-0.15, -0.1) is 0 Å². The summed E-state index contributed by atoms with van der Waals surface area (Å²) in [4.78, 5) is 29.2. The number of rotatable bonds is 5. The molecule has 2 aromatic heterocycles.